The van der Waals surface area contributed by atoms with Crippen LogP contribution in [0.3, 0.4) is 0 Å². The molecule has 0 aliphatic carbocycles. The van der Waals surface area contributed by atoms with Crippen molar-refractivity contribution in [1.29, 1.82) is 0 Å². The Morgan fingerprint density at radius 2 is 0.933 bits per heavy atom. The van der Waals surface area contributed by atoms with Crippen LogP contribution in [-0.2, 0) is 7.05 Å². The number of hydrogen-bond acceptors (Lipinski definition) is 0. The highest BCUT2D eigenvalue weighted by Crippen LogP contribution is 2.36. The lowest BCUT2D eigenvalue weighted by molar-refractivity contribution is -0.648. The van der Waals surface area contributed by atoms with Gasteiger partial charge in [0, 0.05) is 11.1 Å². The smallest absolute Gasteiger partial charge is 0.225 e. The van der Waals surface area contributed by atoms with Gasteiger partial charge in [0.05, 0.1) is 12.6 Å². The van der Waals surface area contributed by atoms with Crippen molar-refractivity contribution < 1.29 is 4.57 Å². The van der Waals surface area contributed by atoms with Crippen LogP contribution in [0, 0.1) is 0 Å². The highest BCUT2D eigenvalue weighted by molar-refractivity contribution is 5.81. The molecule has 1 heterocycles. The van der Waals surface area contributed by atoms with E-state index >= 15 is 0 Å². The Kier molecular flexibility index (Phi) is 4.74. The molecule has 144 valence electrons. The van der Waals surface area contributed by atoms with Crippen molar-refractivity contribution in [3.63, 3.8) is 0 Å². The van der Waals surface area contributed by atoms with Crippen LogP contribution in [0.1, 0.15) is 0 Å². The fourth-order valence-electron chi connectivity index (χ4n) is 4.15. The minimum atomic E-state index is 1.15. The number of aromatic nitrogens is 2. The molecule has 0 saturated carbocycles. The Labute approximate surface area is 177 Å². The van der Waals surface area contributed by atoms with Crippen LogP contribution in [0.25, 0.3) is 39.6 Å². The molecule has 2 nitrogen and oxygen atoms in total. The summed E-state index contributed by atoms with van der Waals surface area (Å²) in [5.41, 5.74) is 7.11. The molecule has 5 aromatic rings. The average molecular weight is 388 g/mol. The first-order valence-corrected chi connectivity index (χ1v) is 10.2. The summed E-state index contributed by atoms with van der Waals surface area (Å²) in [7, 11) is 2.16. The molecule has 0 N–H and O–H groups in total. The monoisotopic (exact) mass is 387 g/mol. The number of benzene rings is 4. The normalized spacial score (nSPS) is 10.8. The van der Waals surface area contributed by atoms with Crippen LogP contribution >= 0.6 is 0 Å². The predicted molar refractivity (Wildman–Crippen MR) is 123 cm³/mol. The maximum Gasteiger partial charge on any atom is 0.294 e. The van der Waals surface area contributed by atoms with E-state index in [1.165, 1.54) is 28.1 Å². The van der Waals surface area contributed by atoms with Gasteiger partial charge in [0.15, 0.2) is 11.4 Å². The van der Waals surface area contributed by atoms with Crippen molar-refractivity contribution in [2.75, 3.05) is 0 Å². The third kappa shape index (κ3) is 3.13. The summed E-state index contributed by atoms with van der Waals surface area (Å²) in [5.74, 6) is 1.15. The summed E-state index contributed by atoms with van der Waals surface area (Å²) < 4.78 is 4.70. The van der Waals surface area contributed by atoms with Gasteiger partial charge in [-0.25, -0.2) is 4.57 Å². The molecule has 0 aliphatic rings. The molecule has 2 heteroatoms. The minimum Gasteiger partial charge on any atom is -0.225 e. The first kappa shape index (κ1) is 18.1. The molecule has 0 bridgehead atoms. The van der Waals surface area contributed by atoms with Crippen LogP contribution in [0.5, 0.6) is 0 Å². The molecule has 0 unspecified atom stereocenters. The molecule has 5 rings (SSSR count). The summed E-state index contributed by atoms with van der Waals surface area (Å²) in [4.78, 5) is 0. The van der Waals surface area contributed by atoms with Crippen molar-refractivity contribution in [3.8, 4) is 39.6 Å². The van der Waals surface area contributed by atoms with Gasteiger partial charge < -0.3 is 0 Å². The second kappa shape index (κ2) is 7.84. The van der Waals surface area contributed by atoms with Crippen molar-refractivity contribution in [2.45, 2.75) is 0 Å². The van der Waals surface area contributed by atoms with Crippen LogP contribution in [0.4, 0.5) is 0 Å². The standard InChI is InChI=1S/C28H23N2/c1-29-26(22-14-6-2-7-15-22)27(23-16-8-3-9-17-23)30(25-20-12-5-13-21-25)28(29)24-18-10-4-11-19-24/h2-21H,1H3/q+1. The van der Waals surface area contributed by atoms with E-state index in [-0.39, 0.29) is 0 Å². The summed E-state index contributed by atoms with van der Waals surface area (Å²) in [5, 5.41) is 0. The van der Waals surface area contributed by atoms with Gasteiger partial charge in [-0.05, 0) is 24.3 Å². The van der Waals surface area contributed by atoms with E-state index in [0.29, 0.717) is 0 Å². The van der Waals surface area contributed by atoms with E-state index in [9.17, 15) is 0 Å². The quantitative estimate of drug-likeness (QED) is 0.320. The topological polar surface area (TPSA) is 8.81 Å². The fraction of sp³-hybridized carbons (Fsp3) is 0.0357. The second-order valence-corrected chi connectivity index (χ2v) is 7.35. The summed E-state index contributed by atoms with van der Waals surface area (Å²) in [6.45, 7) is 0. The third-order valence-electron chi connectivity index (χ3n) is 5.45. The highest BCUT2D eigenvalue weighted by atomic mass is 15.2. The minimum absolute atomic E-state index is 1.15. The SMILES string of the molecule is C[n+]1c(-c2ccccc2)c(-c2ccccc2)n(-c2ccccc2)c1-c1ccccc1. The largest absolute Gasteiger partial charge is 0.294 e. The maximum absolute atomic E-state index is 2.38. The Morgan fingerprint density at radius 1 is 0.500 bits per heavy atom. The lowest BCUT2D eigenvalue weighted by atomic mass is 10.0. The fourth-order valence-corrected chi connectivity index (χ4v) is 4.15. The van der Waals surface area contributed by atoms with Gasteiger partial charge in [-0.3, -0.25) is 0 Å². The van der Waals surface area contributed by atoms with E-state index in [4.69, 9.17) is 0 Å². The molecule has 0 aliphatic heterocycles. The Morgan fingerprint density at radius 3 is 1.47 bits per heavy atom. The Bertz CT molecular complexity index is 1160. The van der Waals surface area contributed by atoms with Gasteiger partial charge in [0.2, 0.25) is 0 Å². The van der Waals surface area contributed by atoms with Gasteiger partial charge in [-0.1, -0.05) is 97.1 Å². The van der Waals surface area contributed by atoms with E-state index < -0.39 is 0 Å². The van der Waals surface area contributed by atoms with Crippen LogP contribution in [0.15, 0.2) is 121 Å². The molecule has 0 radical (unpaired) electrons. The van der Waals surface area contributed by atoms with Crippen molar-refractivity contribution in [3.05, 3.63) is 121 Å². The molecule has 4 aromatic carbocycles. The number of rotatable bonds is 4. The summed E-state index contributed by atoms with van der Waals surface area (Å²) in [6.07, 6.45) is 0. The Balaban J connectivity index is 1.95. The summed E-state index contributed by atoms with van der Waals surface area (Å²) in [6, 6.07) is 42.5. The average Bonchev–Trinajstić information content (AvgIpc) is 3.14. The number of para-hydroxylation sites is 1. The van der Waals surface area contributed by atoms with Crippen LogP contribution in [0.2, 0.25) is 0 Å². The molecule has 0 saturated heterocycles. The maximum atomic E-state index is 2.38. The molecule has 0 spiro atoms. The first-order chi connectivity index (χ1) is 14.8. The lowest BCUT2D eigenvalue weighted by Gasteiger charge is -2.06. The number of imidazole rings is 1. The molecule has 1 aromatic heterocycles. The van der Waals surface area contributed by atoms with E-state index in [1.54, 1.807) is 0 Å². The molecule has 0 fully saturated rings. The number of hydrogen-bond donors (Lipinski definition) is 0. The highest BCUT2D eigenvalue weighted by Gasteiger charge is 2.32. The second-order valence-electron chi connectivity index (χ2n) is 7.35. The van der Waals surface area contributed by atoms with Crippen LogP contribution < -0.4 is 4.57 Å². The predicted octanol–water partition coefficient (Wildman–Crippen LogP) is 6.30. The van der Waals surface area contributed by atoms with E-state index in [2.05, 4.69) is 138 Å². The van der Waals surface area contributed by atoms with E-state index in [1.807, 2.05) is 0 Å². The van der Waals surface area contributed by atoms with Crippen LogP contribution in [-0.4, -0.2) is 4.57 Å². The van der Waals surface area contributed by atoms with Gasteiger partial charge in [0.25, 0.3) is 5.82 Å². The number of nitrogens with zero attached hydrogens (tertiary/aromatic N) is 2. The zero-order chi connectivity index (χ0) is 20.3. The Hall–Kier alpha value is -3.91. The van der Waals surface area contributed by atoms with Crippen molar-refractivity contribution in [1.82, 2.24) is 4.57 Å². The zero-order valence-corrected chi connectivity index (χ0v) is 16.9. The lowest BCUT2D eigenvalue weighted by Crippen LogP contribution is -2.32. The van der Waals surface area contributed by atoms with Gasteiger partial charge >= 0.3 is 0 Å². The van der Waals surface area contributed by atoms with Crippen molar-refractivity contribution in [2.24, 2.45) is 7.05 Å². The molecule has 0 atom stereocenters. The van der Waals surface area contributed by atoms with E-state index in [0.717, 1.165) is 11.5 Å². The van der Waals surface area contributed by atoms with Gasteiger partial charge in [-0.2, -0.15) is 4.57 Å². The molecule has 0 amide bonds. The molecular weight excluding hydrogens is 364 g/mol. The van der Waals surface area contributed by atoms with Gasteiger partial charge in [0.1, 0.15) is 5.69 Å². The third-order valence-corrected chi connectivity index (χ3v) is 5.45. The molecule has 30 heavy (non-hydrogen) atoms. The first-order valence-electron chi connectivity index (χ1n) is 10.2. The zero-order valence-electron chi connectivity index (χ0n) is 16.9. The molecular formula is C28H23N2+. The van der Waals surface area contributed by atoms with Crippen molar-refractivity contribution >= 4 is 0 Å². The van der Waals surface area contributed by atoms with Gasteiger partial charge in [-0.15, -0.1) is 0 Å². The summed E-state index contributed by atoms with van der Waals surface area (Å²) >= 11 is 0.